The van der Waals surface area contributed by atoms with Gasteiger partial charge in [0.15, 0.2) is 6.29 Å². The van der Waals surface area contributed by atoms with Crippen LogP contribution in [0.1, 0.15) is 137 Å². The van der Waals surface area contributed by atoms with Crippen molar-refractivity contribution in [3.05, 3.63) is 59.7 Å². The molecule has 5 nitrogen and oxygen atoms in total. The molecule has 0 aliphatic carbocycles. The maximum atomic E-state index is 12.8. The number of ether oxygens (including phenoxy) is 2. The third-order valence-corrected chi connectivity index (χ3v) is 7.16. The molecule has 0 radical (unpaired) electrons. The highest BCUT2D eigenvalue weighted by Gasteiger charge is 2.36. The zero-order valence-electron chi connectivity index (χ0n) is 24.7. The molecule has 0 N–H and O–H groups in total. The number of carbonyl (C=O) groups excluding carboxylic acids is 2. The molecule has 1 aromatic carbocycles. The second-order valence-electron chi connectivity index (χ2n) is 10.6. The van der Waals surface area contributed by atoms with Crippen LogP contribution in [0, 0.1) is 0 Å². The van der Waals surface area contributed by atoms with Gasteiger partial charge in [0, 0.05) is 13.2 Å². The quantitative estimate of drug-likeness (QED) is 0.0569. The lowest BCUT2D eigenvalue weighted by molar-refractivity contribution is -0.148. The summed E-state index contributed by atoms with van der Waals surface area (Å²) < 4.78 is 12.0. The van der Waals surface area contributed by atoms with E-state index in [2.05, 4.69) is 38.2 Å². The van der Waals surface area contributed by atoms with Crippen LogP contribution in [-0.2, 0) is 9.47 Å². The molecule has 1 unspecified atom stereocenters. The number of carbonyl (C=O) groups is 2. The Morgan fingerprint density at radius 2 is 1.10 bits per heavy atom. The predicted octanol–water partition coefficient (Wildman–Crippen LogP) is 9.04. The lowest BCUT2D eigenvalue weighted by Gasteiger charge is -2.23. The fourth-order valence-corrected chi connectivity index (χ4v) is 4.76. The number of nitrogens with zero attached hydrogens (tertiary/aromatic N) is 1. The number of rotatable bonds is 24. The van der Waals surface area contributed by atoms with Gasteiger partial charge in [0.1, 0.15) is 0 Å². The van der Waals surface area contributed by atoms with Crippen molar-refractivity contribution in [1.82, 2.24) is 4.90 Å². The van der Waals surface area contributed by atoms with E-state index in [1.165, 1.54) is 75.5 Å². The van der Waals surface area contributed by atoms with Gasteiger partial charge in [-0.15, -0.1) is 0 Å². The first kappa shape index (κ1) is 33.0. The molecule has 2 rings (SSSR count). The van der Waals surface area contributed by atoms with E-state index in [9.17, 15) is 9.59 Å². The summed E-state index contributed by atoms with van der Waals surface area (Å²) in [6, 6.07) is 7.00. The summed E-state index contributed by atoms with van der Waals surface area (Å²) in [5, 5.41) is 0. The number of hydrogen-bond acceptors (Lipinski definition) is 4. The van der Waals surface area contributed by atoms with E-state index in [4.69, 9.17) is 9.47 Å². The Hall–Kier alpha value is -2.24. The summed E-state index contributed by atoms with van der Waals surface area (Å²) in [6.07, 6.45) is 27.5. The maximum absolute atomic E-state index is 12.8. The number of unbranched alkanes of at least 4 members (excludes halogenated alkanes) is 12. The van der Waals surface area contributed by atoms with Crippen LogP contribution in [0.3, 0.4) is 0 Å². The van der Waals surface area contributed by atoms with Crippen molar-refractivity contribution in [2.45, 2.75) is 123 Å². The van der Waals surface area contributed by atoms with Gasteiger partial charge in [-0.25, -0.2) is 0 Å². The van der Waals surface area contributed by atoms with Gasteiger partial charge in [-0.1, -0.05) is 108 Å². The Balaban J connectivity index is 1.59. The highest BCUT2D eigenvalue weighted by atomic mass is 16.7. The molecular weight excluding hydrogens is 486 g/mol. The Labute approximate surface area is 238 Å². The Morgan fingerprint density at radius 3 is 1.67 bits per heavy atom. The molecule has 0 bridgehead atoms. The van der Waals surface area contributed by atoms with E-state index in [1.807, 2.05) is 0 Å². The summed E-state index contributed by atoms with van der Waals surface area (Å²) in [4.78, 5) is 26.8. The van der Waals surface area contributed by atoms with Gasteiger partial charge in [0.25, 0.3) is 11.8 Å². The zero-order chi connectivity index (χ0) is 28.0. The molecule has 1 heterocycles. The molecule has 0 fully saturated rings. The first-order valence-corrected chi connectivity index (χ1v) is 15.7. The smallest absolute Gasteiger partial charge is 0.261 e. The molecule has 0 aromatic heterocycles. The molecule has 1 aliphatic heterocycles. The summed E-state index contributed by atoms with van der Waals surface area (Å²) in [6.45, 7) is 5.73. The van der Waals surface area contributed by atoms with Crippen LogP contribution in [0.4, 0.5) is 0 Å². The van der Waals surface area contributed by atoms with Crippen LogP contribution < -0.4 is 0 Å². The SMILES string of the molecule is CCCCCC=CCC=CCCCCCCCCOC(CN1C(=O)c2ccccc2C1=O)OCCCCCC. The van der Waals surface area contributed by atoms with E-state index in [0.717, 1.165) is 32.1 Å². The Bertz CT molecular complexity index is 828. The number of benzene rings is 1. The monoisotopic (exact) mass is 539 g/mol. The molecule has 39 heavy (non-hydrogen) atoms. The predicted molar refractivity (Wildman–Crippen MR) is 161 cm³/mol. The highest BCUT2D eigenvalue weighted by Crippen LogP contribution is 2.23. The van der Waals surface area contributed by atoms with Crippen molar-refractivity contribution in [3.8, 4) is 0 Å². The fraction of sp³-hybridized carbons (Fsp3) is 0.647. The molecule has 2 amide bonds. The standard InChI is InChI=1S/C34H53NO4/c1-3-5-7-9-10-11-12-13-14-15-16-17-18-19-20-24-28-39-32(38-27-23-8-6-4-2)29-35-33(36)30-25-21-22-26-31(30)34(35)37/h10-11,13-14,21-22,25-26,32H,3-9,12,15-20,23-24,27-29H2,1-2H3. The van der Waals surface area contributed by atoms with E-state index in [1.54, 1.807) is 24.3 Å². The van der Waals surface area contributed by atoms with Crippen LogP contribution in [0.15, 0.2) is 48.6 Å². The molecule has 0 spiro atoms. The van der Waals surface area contributed by atoms with Crippen molar-refractivity contribution in [3.63, 3.8) is 0 Å². The normalized spacial score (nSPS) is 14.3. The summed E-state index contributed by atoms with van der Waals surface area (Å²) >= 11 is 0. The van der Waals surface area contributed by atoms with Crippen molar-refractivity contribution in [2.75, 3.05) is 19.8 Å². The molecule has 1 atom stereocenters. The number of imide groups is 1. The lowest BCUT2D eigenvalue weighted by Crippen LogP contribution is -2.39. The van der Waals surface area contributed by atoms with Gasteiger partial charge in [0.2, 0.25) is 0 Å². The van der Waals surface area contributed by atoms with Crippen molar-refractivity contribution >= 4 is 11.8 Å². The van der Waals surface area contributed by atoms with Crippen LogP contribution in [0.5, 0.6) is 0 Å². The van der Waals surface area contributed by atoms with E-state index < -0.39 is 6.29 Å². The van der Waals surface area contributed by atoms with E-state index in [-0.39, 0.29) is 18.4 Å². The summed E-state index contributed by atoms with van der Waals surface area (Å²) in [5.41, 5.74) is 0.934. The van der Waals surface area contributed by atoms with Crippen LogP contribution in [0.25, 0.3) is 0 Å². The molecular formula is C34H53NO4. The largest absolute Gasteiger partial charge is 0.351 e. The first-order chi connectivity index (χ1) is 19.2. The fourth-order valence-electron chi connectivity index (χ4n) is 4.76. The third-order valence-electron chi connectivity index (χ3n) is 7.16. The average molecular weight is 540 g/mol. The van der Waals surface area contributed by atoms with Gasteiger partial charge in [-0.2, -0.15) is 0 Å². The van der Waals surface area contributed by atoms with Gasteiger partial charge >= 0.3 is 0 Å². The van der Waals surface area contributed by atoms with Gasteiger partial charge in [-0.3, -0.25) is 14.5 Å². The molecule has 1 aromatic rings. The second kappa shape index (κ2) is 21.6. The van der Waals surface area contributed by atoms with Crippen LogP contribution in [0.2, 0.25) is 0 Å². The van der Waals surface area contributed by atoms with Crippen molar-refractivity contribution in [2.24, 2.45) is 0 Å². The molecule has 5 heteroatoms. The van der Waals surface area contributed by atoms with Crippen LogP contribution >= 0.6 is 0 Å². The van der Waals surface area contributed by atoms with Gasteiger partial charge in [-0.05, 0) is 57.1 Å². The van der Waals surface area contributed by atoms with Crippen molar-refractivity contribution in [1.29, 1.82) is 0 Å². The number of fused-ring (bicyclic) bond motifs is 1. The molecule has 0 saturated heterocycles. The summed E-state index contributed by atoms with van der Waals surface area (Å²) in [7, 11) is 0. The topological polar surface area (TPSA) is 55.8 Å². The maximum Gasteiger partial charge on any atom is 0.261 e. The number of hydrogen-bond donors (Lipinski definition) is 0. The van der Waals surface area contributed by atoms with Crippen molar-refractivity contribution < 1.29 is 19.1 Å². The molecule has 218 valence electrons. The third kappa shape index (κ3) is 13.6. The lowest BCUT2D eigenvalue weighted by atomic mass is 10.1. The molecule has 1 aliphatic rings. The second-order valence-corrected chi connectivity index (χ2v) is 10.6. The minimum Gasteiger partial charge on any atom is -0.351 e. The first-order valence-electron chi connectivity index (χ1n) is 15.7. The Morgan fingerprint density at radius 1 is 0.641 bits per heavy atom. The summed E-state index contributed by atoms with van der Waals surface area (Å²) in [5.74, 6) is -0.514. The van der Waals surface area contributed by atoms with E-state index in [0.29, 0.717) is 24.3 Å². The minimum absolute atomic E-state index is 0.141. The zero-order valence-corrected chi connectivity index (χ0v) is 24.7. The van der Waals surface area contributed by atoms with E-state index >= 15 is 0 Å². The Kier molecular flexibility index (Phi) is 18.2. The minimum atomic E-state index is -0.577. The number of allylic oxidation sites excluding steroid dienone is 4. The van der Waals surface area contributed by atoms with Gasteiger partial charge < -0.3 is 9.47 Å². The van der Waals surface area contributed by atoms with Gasteiger partial charge in [0.05, 0.1) is 17.7 Å². The molecule has 0 saturated carbocycles. The highest BCUT2D eigenvalue weighted by molar-refractivity contribution is 6.21. The van der Waals surface area contributed by atoms with Crippen LogP contribution in [-0.4, -0.2) is 42.8 Å². The average Bonchev–Trinajstić information content (AvgIpc) is 3.19. The number of amides is 2.